The van der Waals surface area contributed by atoms with E-state index in [9.17, 15) is 9.90 Å². The van der Waals surface area contributed by atoms with Gasteiger partial charge in [-0.15, -0.1) is 11.3 Å². The summed E-state index contributed by atoms with van der Waals surface area (Å²) in [5.41, 5.74) is 3.05. The number of fused-ring (bicyclic) bond motifs is 7. The third-order valence-corrected chi connectivity index (χ3v) is 10.5. The molecule has 0 amide bonds. The average Bonchev–Trinajstić information content (AvgIpc) is 3.86. The molecule has 7 heterocycles. The molecule has 3 aromatic heterocycles. The van der Waals surface area contributed by atoms with Gasteiger partial charge in [0.25, 0.3) is 0 Å². The Labute approximate surface area is 305 Å². The Bertz CT molecular complexity index is 2010. The summed E-state index contributed by atoms with van der Waals surface area (Å²) >= 11 is 1.45. The molecular weight excluding hydrogens is 685 g/mol. The number of ether oxygens (including phenoxy) is 5. The number of aromatic nitrogens is 4. The predicted molar refractivity (Wildman–Crippen MR) is 193 cm³/mol. The molecule has 0 saturated carbocycles. The standard InChI is InChI=1S/C38H40N6O7S/c1-43-12-14-44(15-13-43)19-29-21-48-28-8-9-31(49-20-26-10-11-39-35(42-26)32-3-2-16-47-32)25(17-28)18-33(38(45)46)51-36-34-30(22-52-37(34)41-23-40-36)24-4-6-27(50-29)7-5-24/h4-11,17,22-23,29,32-33H,2-3,12-16,18-21H2,1H3,(H,45,46)/t29?,32-,33?/m0/s1. The van der Waals surface area contributed by atoms with Crippen molar-refractivity contribution in [3.63, 3.8) is 0 Å². The van der Waals surface area contributed by atoms with Gasteiger partial charge < -0.3 is 33.7 Å². The van der Waals surface area contributed by atoms with Crippen LogP contribution in [0.15, 0.2) is 66.4 Å². The van der Waals surface area contributed by atoms with E-state index in [0.717, 1.165) is 55.9 Å². The van der Waals surface area contributed by atoms with Crippen LogP contribution in [0.2, 0.25) is 0 Å². The average molecular weight is 725 g/mol. The molecular formula is C38H40N6O7S. The smallest absolute Gasteiger partial charge is 0.345 e. The number of carbonyl (C=O) groups is 1. The van der Waals surface area contributed by atoms with Crippen molar-refractivity contribution in [2.24, 2.45) is 0 Å². The normalized spacial score (nSPS) is 21.2. The van der Waals surface area contributed by atoms with Crippen LogP contribution in [0, 0.1) is 0 Å². The minimum absolute atomic E-state index is 0.0205. The lowest BCUT2D eigenvalue weighted by atomic mass is 10.1. The third-order valence-electron chi connectivity index (χ3n) is 9.59. The maximum atomic E-state index is 12.8. The van der Waals surface area contributed by atoms with Crippen molar-refractivity contribution < 1.29 is 33.6 Å². The van der Waals surface area contributed by atoms with Gasteiger partial charge in [-0.2, -0.15) is 0 Å². The van der Waals surface area contributed by atoms with E-state index >= 15 is 0 Å². The van der Waals surface area contributed by atoms with Gasteiger partial charge in [-0.05, 0) is 61.9 Å². The molecule has 0 spiro atoms. The van der Waals surface area contributed by atoms with Gasteiger partial charge in [0.05, 0.1) is 11.1 Å². The molecule has 2 fully saturated rings. The Morgan fingerprint density at radius 1 is 1.02 bits per heavy atom. The summed E-state index contributed by atoms with van der Waals surface area (Å²) in [7, 11) is 2.14. The summed E-state index contributed by atoms with van der Waals surface area (Å²) in [6, 6.07) is 15.1. The third kappa shape index (κ3) is 7.80. The molecule has 4 aliphatic rings. The van der Waals surface area contributed by atoms with Crippen molar-refractivity contribution in [2.75, 3.05) is 53.0 Å². The van der Waals surface area contributed by atoms with Gasteiger partial charge in [-0.3, -0.25) is 4.90 Å². The quantitative estimate of drug-likeness (QED) is 0.240. The van der Waals surface area contributed by atoms with Crippen LogP contribution in [-0.2, 0) is 22.6 Å². The van der Waals surface area contributed by atoms with Crippen molar-refractivity contribution in [1.29, 1.82) is 0 Å². The highest BCUT2D eigenvalue weighted by molar-refractivity contribution is 7.17. The van der Waals surface area contributed by atoms with Crippen molar-refractivity contribution in [1.82, 2.24) is 29.7 Å². The van der Waals surface area contributed by atoms with E-state index in [1.165, 1.54) is 17.7 Å². The number of rotatable bonds is 7. The number of piperazine rings is 1. The summed E-state index contributed by atoms with van der Waals surface area (Å²) in [5.74, 6) is 1.47. The molecule has 270 valence electrons. The lowest BCUT2D eigenvalue weighted by Gasteiger charge is -2.34. The minimum atomic E-state index is -1.29. The highest BCUT2D eigenvalue weighted by atomic mass is 32.1. The number of hydrogen-bond acceptors (Lipinski definition) is 13. The van der Waals surface area contributed by atoms with Crippen molar-refractivity contribution in [2.45, 2.75) is 44.2 Å². The van der Waals surface area contributed by atoms with Gasteiger partial charge in [0.1, 0.15) is 53.8 Å². The molecule has 2 aromatic carbocycles. The number of carboxylic acid groups (broad SMARTS) is 1. The first-order chi connectivity index (χ1) is 25.4. The molecule has 0 radical (unpaired) electrons. The SMILES string of the molecule is CN1CCN(CC2COc3ccc(OCc4ccnc([C@@H]5CCCO5)n4)c(c3)CC(C(=O)O)Oc3ncnc4scc(c34)-c3ccc(cc3)O2)CC1. The van der Waals surface area contributed by atoms with Gasteiger partial charge >= 0.3 is 5.97 Å². The first-order valence-electron chi connectivity index (χ1n) is 17.6. The van der Waals surface area contributed by atoms with E-state index in [0.29, 0.717) is 51.9 Å². The Morgan fingerprint density at radius 2 is 1.87 bits per heavy atom. The van der Waals surface area contributed by atoms with E-state index in [1.807, 2.05) is 41.8 Å². The largest absolute Gasteiger partial charge is 0.490 e. The molecule has 2 unspecified atom stereocenters. The Morgan fingerprint density at radius 3 is 2.67 bits per heavy atom. The number of thiophene rings is 1. The molecule has 9 rings (SSSR count). The Kier molecular flexibility index (Phi) is 10.1. The zero-order valence-corrected chi connectivity index (χ0v) is 29.7. The van der Waals surface area contributed by atoms with Crippen LogP contribution in [0.5, 0.6) is 23.1 Å². The lowest BCUT2D eigenvalue weighted by molar-refractivity contribution is -0.145. The Hall–Kier alpha value is -4.89. The fourth-order valence-corrected chi connectivity index (χ4v) is 7.63. The topological polar surface area (TPSA) is 141 Å². The summed E-state index contributed by atoms with van der Waals surface area (Å²) in [6.07, 6.45) is 3.26. The molecule has 5 aromatic rings. The highest BCUT2D eigenvalue weighted by Crippen LogP contribution is 2.39. The maximum absolute atomic E-state index is 12.8. The zero-order chi connectivity index (χ0) is 35.4. The molecule has 4 bridgehead atoms. The van der Waals surface area contributed by atoms with Crippen LogP contribution < -0.4 is 18.9 Å². The summed E-state index contributed by atoms with van der Waals surface area (Å²) < 4.78 is 31.3. The molecule has 3 atom stereocenters. The second-order valence-corrected chi connectivity index (χ2v) is 14.2. The maximum Gasteiger partial charge on any atom is 0.345 e. The van der Waals surface area contributed by atoms with Gasteiger partial charge in [0.2, 0.25) is 12.0 Å². The molecule has 2 saturated heterocycles. The van der Waals surface area contributed by atoms with E-state index in [1.54, 1.807) is 18.3 Å². The summed E-state index contributed by atoms with van der Waals surface area (Å²) in [6.45, 7) is 5.70. The predicted octanol–water partition coefficient (Wildman–Crippen LogP) is 5.04. The number of aliphatic carboxylic acids is 1. The van der Waals surface area contributed by atoms with Crippen LogP contribution >= 0.6 is 11.3 Å². The molecule has 4 aliphatic heterocycles. The first-order valence-corrected chi connectivity index (χ1v) is 18.4. The molecule has 0 aliphatic carbocycles. The van der Waals surface area contributed by atoms with Crippen LogP contribution in [0.1, 0.15) is 36.0 Å². The van der Waals surface area contributed by atoms with E-state index in [4.69, 9.17) is 28.7 Å². The van der Waals surface area contributed by atoms with Gasteiger partial charge in [0.15, 0.2) is 5.82 Å². The van der Waals surface area contributed by atoms with Crippen molar-refractivity contribution in [3.05, 3.63) is 83.5 Å². The first kappa shape index (κ1) is 34.2. The van der Waals surface area contributed by atoms with Gasteiger partial charge in [-0.25, -0.2) is 24.7 Å². The summed E-state index contributed by atoms with van der Waals surface area (Å²) in [4.78, 5) is 36.2. The van der Waals surface area contributed by atoms with E-state index in [2.05, 4.69) is 31.8 Å². The second kappa shape index (κ2) is 15.4. The van der Waals surface area contributed by atoms with Crippen molar-refractivity contribution in [3.8, 4) is 34.3 Å². The van der Waals surface area contributed by atoms with Gasteiger partial charge in [0, 0.05) is 68.5 Å². The van der Waals surface area contributed by atoms with Crippen LogP contribution in [0.25, 0.3) is 21.3 Å². The van der Waals surface area contributed by atoms with E-state index < -0.39 is 12.1 Å². The lowest BCUT2D eigenvalue weighted by Crippen LogP contribution is -2.49. The monoisotopic (exact) mass is 724 g/mol. The fraction of sp³-hybridized carbons (Fsp3) is 0.395. The van der Waals surface area contributed by atoms with Crippen LogP contribution in [-0.4, -0.2) is 106 Å². The minimum Gasteiger partial charge on any atom is -0.490 e. The number of benzene rings is 2. The molecule has 1 N–H and O–H groups in total. The Balaban J connectivity index is 1.13. The fourth-order valence-electron chi connectivity index (χ4n) is 6.73. The number of carboxylic acids is 1. The molecule has 52 heavy (non-hydrogen) atoms. The van der Waals surface area contributed by atoms with Crippen LogP contribution in [0.4, 0.5) is 0 Å². The van der Waals surface area contributed by atoms with Crippen LogP contribution in [0.3, 0.4) is 0 Å². The second-order valence-electron chi connectivity index (χ2n) is 13.3. The van der Waals surface area contributed by atoms with Crippen molar-refractivity contribution >= 4 is 27.5 Å². The highest BCUT2D eigenvalue weighted by Gasteiger charge is 2.27. The summed E-state index contributed by atoms with van der Waals surface area (Å²) in [5, 5.41) is 13.1. The number of hydrogen-bond donors (Lipinski definition) is 1. The van der Waals surface area contributed by atoms with E-state index in [-0.39, 0.29) is 37.7 Å². The molecule has 13 nitrogen and oxygen atoms in total. The molecule has 14 heteroatoms. The zero-order valence-electron chi connectivity index (χ0n) is 28.8. The number of nitrogens with zero attached hydrogens (tertiary/aromatic N) is 6. The van der Waals surface area contributed by atoms with Gasteiger partial charge in [-0.1, -0.05) is 12.1 Å². The number of likely N-dealkylation sites (N-methyl/N-ethyl adjacent to an activating group) is 1.